The average molecular weight is 387 g/mol. The Morgan fingerprint density at radius 3 is 2.43 bits per heavy atom. The molecule has 28 heavy (non-hydrogen) atoms. The number of carbonyl (C=O) groups excluding carboxylic acids is 1. The zero-order valence-corrected chi connectivity index (χ0v) is 14.5. The predicted molar refractivity (Wildman–Crippen MR) is 97.8 cm³/mol. The van der Waals surface area contributed by atoms with Crippen molar-refractivity contribution < 1.29 is 22.7 Å². The molecule has 1 amide bonds. The molecule has 0 aliphatic rings. The van der Waals surface area contributed by atoms with Gasteiger partial charge in [0.15, 0.2) is 0 Å². The molecule has 0 aliphatic heterocycles. The summed E-state index contributed by atoms with van der Waals surface area (Å²) in [7, 11) is 0. The van der Waals surface area contributed by atoms with Crippen LogP contribution in [0.1, 0.15) is 21.5 Å². The van der Waals surface area contributed by atoms with Crippen LogP contribution in [0.5, 0.6) is 11.5 Å². The first-order valence-corrected chi connectivity index (χ1v) is 8.26. The van der Waals surface area contributed by atoms with Crippen molar-refractivity contribution in [2.24, 2.45) is 0 Å². The molecular formula is C20H16F3N3O2. The normalized spacial score (nSPS) is 11.1. The lowest BCUT2D eigenvalue weighted by molar-refractivity contribution is -0.138. The highest BCUT2D eigenvalue weighted by Crippen LogP contribution is 2.37. The monoisotopic (exact) mass is 387 g/mol. The lowest BCUT2D eigenvalue weighted by Crippen LogP contribution is -2.24. The molecular weight excluding hydrogens is 371 g/mol. The van der Waals surface area contributed by atoms with Crippen LogP contribution in [0.3, 0.4) is 0 Å². The van der Waals surface area contributed by atoms with Crippen molar-refractivity contribution in [1.29, 1.82) is 0 Å². The van der Waals surface area contributed by atoms with Crippen molar-refractivity contribution >= 4 is 11.7 Å². The second kappa shape index (κ2) is 7.99. The Morgan fingerprint density at radius 1 is 1.04 bits per heavy atom. The van der Waals surface area contributed by atoms with Crippen molar-refractivity contribution in [3.05, 3.63) is 83.6 Å². The van der Waals surface area contributed by atoms with Crippen LogP contribution in [0.15, 0.2) is 66.9 Å². The SMILES string of the molecule is Nc1ncccc1C(=O)NCc1ccc(Oc2ccccc2C(F)(F)F)cc1. The fraction of sp³-hybridized carbons (Fsp3) is 0.100. The molecule has 2 aromatic carbocycles. The maximum Gasteiger partial charge on any atom is 0.419 e. The summed E-state index contributed by atoms with van der Waals surface area (Å²) in [6.07, 6.45) is -3.02. The van der Waals surface area contributed by atoms with Gasteiger partial charge in [-0.2, -0.15) is 13.2 Å². The third-order valence-corrected chi connectivity index (χ3v) is 3.88. The summed E-state index contributed by atoms with van der Waals surface area (Å²) < 4.78 is 44.4. The van der Waals surface area contributed by atoms with Crippen LogP contribution in [0.4, 0.5) is 19.0 Å². The molecule has 3 rings (SSSR count). The summed E-state index contributed by atoms with van der Waals surface area (Å²) in [6.45, 7) is 0.215. The van der Waals surface area contributed by atoms with Gasteiger partial charge >= 0.3 is 6.18 Å². The summed E-state index contributed by atoms with van der Waals surface area (Å²) in [6, 6.07) is 14.5. The van der Waals surface area contributed by atoms with Crippen LogP contribution in [0.25, 0.3) is 0 Å². The highest BCUT2D eigenvalue weighted by molar-refractivity contribution is 5.98. The number of nitrogens with one attached hydrogen (secondary N) is 1. The topological polar surface area (TPSA) is 77.2 Å². The molecule has 3 N–H and O–H groups in total. The summed E-state index contributed by atoms with van der Waals surface area (Å²) >= 11 is 0. The Hall–Kier alpha value is -3.55. The molecule has 0 saturated heterocycles. The Kier molecular flexibility index (Phi) is 5.49. The number of para-hydroxylation sites is 1. The molecule has 3 aromatic rings. The van der Waals surface area contributed by atoms with E-state index >= 15 is 0 Å². The fourth-order valence-electron chi connectivity index (χ4n) is 2.48. The first-order chi connectivity index (χ1) is 13.3. The van der Waals surface area contributed by atoms with Gasteiger partial charge in [0, 0.05) is 12.7 Å². The van der Waals surface area contributed by atoms with E-state index in [2.05, 4.69) is 10.3 Å². The van der Waals surface area contributed by atoms with Gasteiger partial charge in [-0.1, -0.05) is 24.3 Å². The molecule has 8 heteroatoms. The Balaban J connectivity index is 1.65. The van der Waals surface area contributed by atoms with Crippen molar-refractivity contribution in [2.45, 2.75) is 12.7 Å². The van der Waals surface area contributed by atoms with Crippen LogP contribution in [0.2, 0.25) is 0 Å². The van der Waals surface area contributed by atoms with Crippen LogP contribution in [0, 0.1) is 0 Å². The van der Waals surface area contributed by atoms with Gasteiger partial charge in [-0.3, -0.25) is 4.79 Å². The van der Waals surface area contributed by atoms with E-state index in [9.17, 15) is 18.0 Å². The van der Waals surface area contributed by atoms with Crippen molar-refractivity contribution in [2.75, 3.05) is 5.73 Å². The minimum atomic E-state index is -4.51. The highest BCUT2D eigenvalue weighted by Gasteiger charge is 2.34. The van der Waals surface area contributed by atoms with Crippen LogP contribution < -0.4 is 15.8 Å². The van der Waals surface area contributed by atoms with Crippen molar-refractivity contribution in [3.8, 4) is 11.5 Å². The van der Waals surface area contributed by atoms with E-state index in [1.807, 2.05) is 0 Å². The number of rotatable bonds is 5. The van der Waals surface area contributed by atoms with Crippen molar-refractivity contribution in [3.63, 3.8) is 0 Å². The third-order valence-electron chi connectivity index (χ3n) is 3.88. The van der Waals surface area contributed by atoms with Gasteiger partial charge < -0.3 is 15.8 Å². The number of alkyl halides is 3. The van der Waals surface area contributed by atoms with Gasteiger partial charge in [0.1, 0.15) is 17.3 Å². The molecule has 0 saturated carbocycles. The molecule has 0 fully saturated rings. The van der Waals surface area contributed by atoms with E-state index in [0.29, 0.717) is 0 Å². The second-order valence-corrected chi connectivity index (χ2v) is 5.86. The van der Waals surface area contributed by atoms with E-state index < -0.39 is 11.7 Å². The first-order valence-electron chi connectivity index (χ1n) is 8.26. The quantitative estimate of drug-likeness (QED) is 0.680. The van der Waals surface area contributed by atoms with Gasteiger partial charge in [0.05, 0.1) is 11.1 Å². The average Bonchev–Trinajstić information content (AvgIpc) is 2.67. The zero-order chi connectivity index (χ0) is 20.1. The minimum Gasteiger partial charge on any atom is -0.457 e. The molecule has 0 unspecified atom stereocenters. The Labute approximate surface area is 159 Å². The second-order valence-electron chi connectivity index (χ2n) is 5.86. The van der Waals surface area contributed by atoms with Crippen molar-refractivity contribution in [1.82, 2.24) is 10.3 Å². The lowest BCUT2D eigenvalue weighted by atomic mass is 10.2. The minimum absolute atomic E-state index is 0.132. The molecule has 1 heterocycles. The molecule has 0 bridgehead atoms. The first kappa shape index (κ1) is 19.2. The number of carbonyl (C=O) groups is 1. The molecule has 0 aliphatic carbocycles. The number of nitrogen functional groups attached to an aromatic ring is 1. The number of anilines is 1. The standard InChI is InChI=1S/C20H16F3N3O2/c21-20(22,23)16-5-1-2-6-17(16)28-14-9-7-13(8-10-14)12-26-19(27)15-4-3-11-25-18(15)24/h1-11H,12H2,(H2,24,25)(H,26,27). The van der Waals surface area contributed by atoms with Gasteiger partial charge in [-0.25, -0.2) is 4.98 Å². The van der Waals surface area contributed by atoms with E-state index in [4.69, 9.17) is 10.5 Å². The van der Waals surface area contributed by atoms with E-state index in [1.54, 1.807) is 24.3 Å². The zero-order valence-electron chi connectivity index (χ0n) is 14.5. The number of pyridine rings is 1. The lowest BCUT2D eigenvalue weighted by Gasteiger charge is -2.13. The number of hydrogen-bond donors (Lipinski definition) is 2. The summed E-state index contributed by atoms with van der Waals surface area (Å²) in [5.41, 5.74) is 5.82. The predicted octanol–water partition coefficient (Wildman–Crippen LogP) is 4.40. The van der Waals surface area contributed by atoms with Crippen LogP contribution in [-0.2, 0) is 12.7 Å². The molecule has 144 valence electrons. The molecule has 0 spiro atoms. The number of amides is 1. The van der Waals surface area contributed by atoms with Gasteiger partial charge in [0.2, 0.25) is 0 Å². The molecule has 5 nitrogen and oxygen atoms in total. The number of hydrogen-bond acceptors (Lipinski definition) is 4. The highest BCUT2D eigenvalue weighted by atomic mass is 19.4. The third kappa shape index (κ3) is 4.59. The van der Waals surface area contributed by atoms with E-state index in [0.717, 1.165) is 11.6 Å². The Morgan fingerprint density at radius 2 is 1.75 bits per heavy atom. The maximum atomic E-state index is 13.0. The number of nitrogens with zero attached hydrogens (tertiary/aromatic N) is 1. The smallest absolute Gasteiger partial charge is 0.419 e. The van der Waals surface area contributed by atoms with Crippen LogP contribution in [-0.4, -0.2) is 10.9 Å². The van der Waals surface area contributed by atoms with Crippen LogP contribution >= 0.6 is 0 Å². The van der Waals surface area contributed by atoms with E-state index in [-0.39, 0.29) is 35.3 Å². The largest absolute Gasteiger partial charge is 0.457 e. The summed E-state index contributed by atoms with van der Waals surface area (Å²) in [4.78, 5) is 16.0. The van der Waals surface area contributed by atoms with Gasteiger partial charge in [0.25, 0.3) is 5.91 Å². The Bertz CT molecular complexity index is 973. The fourth-order valence-corrected chi connectivity index (χ4v) is 2.48. The maximum absolute atomic E-state index is 13.0. The van der Waals surface area contributed by atoms with Gasteiger partial charge in [-0.15, -0.1) is 0 Å². The molecule has 0 atom stereocenters. The summed E-state index contributed by atoms with van der Waals surface area (Å²) in [5, 5.41) is 2.71. The number of halogens is 3. The number of ether oxygens (including phenoxy) is 1. The number of nitrogens with two attached hydrogens (primary N) is 1. The van der Waals surface area contributed by atoms with Gasteiger partial charge in [-0.05, 0) is 42.0 Å². The number of aromatic nitrogens is 1. The molecule has 1 aromatic heterocycles. The van der Waals surface area contributed by atoms with E-state index in [1.165, 1.54) is 36.5 Å². The summed E-state index contributed by atoms with van der Waals surface area (Å²) in [5.74, 6) is -0.261. The molecule has 0 radical (unpaired) electrons. The number of benzene rings is 2.